The highest BCUT2D eigenvalue weighted by Crippen LogP contribution is 2.38. The highest BCUT2D eigenvalue weighted by atomic mass is 16.2. The van der Waals surface area contributed by atoms with Crippen molar-refractivity contribution in [1.82, 2.24) is 34.7 Å². The fourth-order valence-corrected chi connectivity index (χ4v) is 7.12. The zero-order valence-corrected chi connectivity index (χ0v) is 25.7. The van der Waals surface area contributed by atoms with E-state index in [2.05, 4.69) is 33.4 Å². The van der Waals surface area contributed by atoms with Crippen LogP contribution in [0.15, 0.2) is 43.1 Å². The van der Waals surface area contributed by atoms with Gasteiger partial charge in [0.1, 0.15) is 29.3 Å². The second-order valence-electron chi connectivity index (χ2n) is 13.0. The maximum atomic E-state index is 13.2. The van der Waals surface area contributed by atoms with E-state index in [1.54, 1.807) is 10.7 Å². The summed E-state index contributed by atoms with van der Waals surface area (Å²) in [4.78, 5) is 36.5. The van der Waals surface area contributed by atoms with Gasteiger partial charge in [0.05, 0.1) is 41.4 Å². The third kappa shape index (κ3) is 5.47. The molecule has 3 aliphatic rings. The molecule has 1 N–H and O–H groups in total. The summed E-state index contributed by atoms with van der Waals surface area (Å²) in [5.41, 5.74) is 3.78. The third-order valence-electron chi connectivity index (χ3n) is 10.5. The molecule has 4 aromatic rings. The van der Waals surface area contributed by atoms with Crippen molar-refractivity contribution in [3.8, 4) is 28.6 Å². The van der Waals surface area contributed by atoms with E-state index in [1.807, 2.05) is 41.6 Å². The van der Waals surface area contributed by atoms with Gasteiger partial charge in [0.15, 0.2) is 0 Å². The van der Waals surface area contributed by atoms with Crippen LogP contribution in [0.5, 0.6) is 0 Å². The molecule has 0 radical (unpaired) electrons. The lowest BCUT2D eigenvalue weighted by Gasteiger charge is -2.42. The van der Waals surface area contributed by atoms with E-state index >= 15 is 0 Å². The number of carbonyl (C=O) groups excluding carboxylic acids is 2. The molecule has 0 spiro atoms. The molecular formula is C34H39N9O2. The van der Waals surface area contributed by atoms with Crippen LogP contribution in [-0.2, 0) is 9.59 Å². The van der Waals surface area contributed by atoms with E-state index in [0.717, 1.165) is 94.1 Å². The van der Waals surface area contributed by atoms with Crippen LogP contribution in [0.1, 0.15) is 82.7 Å². The Hall–Kier alpha value is -4.59. The second kappa shape index (κ2) is 12.1. The molecule has 0 aromatic carbocycles. The topological polar surface area (TPSA) is 134 Å². The summed E-state index contributed by atoms with van der Waals surface area (Å²) < 4.78 is 3.70. The molecule has 0 atom stereocenters. The number of anilines is 1. The van der Waals surface area contributed by atoms with Gasteiger partial charge < -0.3 is 15.0 Å². The van der Waals surface area contributed by atoms with E-state index in [0.29, 0.717) is 28.5 Å². The number of amides is 1. The number of hydrogen-bond donors (Lipinski definition) is 1. The van der Waals surface area contributed by atoms with Crippen molar-refractivity contribution in [2.24, 2.45) is 11.3 Å². The van der Waals surface area contributed by atoms with Gasteiger partial charge in [0.2, 0.25) is 5.91 Å². The normalized spacial score (nSPS) is 21.6. The van der Waals surface area contributed by atoms with Gasteiger partial charge in [-0.1, -0.05) is 6.92 Å². The van der Waals surface area contributed by atoms with Crippen LogP contribution < -0.4 is 10.2 Å². The number of nitrogens with one attached hydrogen (secondary N) is 1. The zero-order valence-electron chi connectivity index (χ0n) is 25.7. The van der Waals surface area contributed by atoms with Gasteiger partial charge >= 0.3 is 0 Å². The lowest BCUT2D eigenvalue weighted by Crippen LogP contribution is -2.52. The summed E-state index contributed by atoms with van der Waals surface area (Å²) >= 11 is 0. The number of carbonyl (C=O) groups is 2. The minimum atomic E-state index is -0.305. The number of aromatic nitrogens is 6. The molecule has 11 nitrogen and oxygen atoms in total. The zero-order chi connectivity index (χ0) is 31.0. The first-order chi connectivity index (χ1) is 22.0. The minimum absolute atomic E-state index is 0.153. The molecule has 232 valence electrons. The summed E-state index contributed by atoms with van der Waals surface area (Å²) in [6, 6.07) is 6.88. The Morgan fingerprint density at radius 1 is 1.04 bits per heavy atom. The molecule has 45 heavy (non-hydrogen) atoms. The van der Waals surface area contributed by atoms with Gasteiger partial charge in [-0.15, -0.1) is 0 Å². The molecule has 4 aromatic heterocycles. The van der Waals surface area contributed by atoms with E-state index < -0.39 is 0 Å². The molecule has 0 unspecified atom stereocenters. The van der Waals surface area contributed by atoms with Crippen molar-refractivity contribution in [3.05, 3.63) is 48.7 Å². The summed E-state index contributed by atoms with van der Waals surface area (Å²) in [5.74, 6) is 1.24. The first-order valence-corrected chi connectivity index (χ1v) is 16.3. The number of hydrogen-bond acceptors (Lipinski definition) is 8. The molecule has 2 aliphatic carbocycles. The van der Waals surface area contributed by atoms with Crippen LogP contribution >= 0.6 is 0 Å². The molecule has 3 fully saturated rings. The van der Waals surface area contributed by atoms with E-state index in [9.17, 15) is 14.9 Å². The van der Waals surface area contributed by atoms with Crippen LogP contribution in [-0.4, -0.2) is 60.7 Å². The van der Waals surface area contributed by atoms with Crippen LogP contribution in [0, 0.1) is 22.7 Å². The Morgan fingerprint density at radius 3 is 2.49 bits per heavy atom. The Kier molecular flexibility index (Phi) is 7.81. The summed E-state index contributed by atoms with van der Waals surface area (Å²) in [5, 5.41) is 22.2. The second-order valence-corrected chi connectivity index (χ2v) is 13.0. The number of aldehydes is 1. The van der Waals surface area contributed by atoms with Crippen molar-refractivity contribution < 1.29 is 9.59 Å². The molecule has 1 saturated heterocycles. The van der Waals surface area contributed by atoms with Crippen molar-refractivity contribution in [3.63, 3.8) is 0 Å². The third-order valence-corrected chi connectivity index (χ3v) is 10.5. The molecule has 5 heterocycles. The van der Waals surface area contributed by atoms with Crippen LogP contribution in [0.3, 0.4) is 0 Å². The lowest BCUT2D eigenvalue weighted by molar-refractivity contribution is -0.134. The van der Waals surface area contributed by atoms with E-state index in [4.69, 9.17) is 9.97 Å². The first-order valence-electron chi connectivity index (χ1n) is 16.3. The SMILES string of the molecule is CCC1(C(=O)NC2CCC2)CCN(c2ccc(-c3nc(-c4cnn(C5CCC(C=O)CC5)c4)cn4ncc(C#N)c34)cn2)CC1. The minimum Gasteiger partial charge on any atom is -0.357 e. The predicted molar refractivity (Wildman–Crippen MR) is 169 cm³/mol. The fraction of sp³-hybridized carbons (Fsp3) is 0.500. The fourth-order valence-electron chi connectivity index (χ4n) is 7.12. The Balaban J connectivity index is 1.12. The molecule has 1 amide bonds. The predicted octanol–water partition coefficient (Wildman–Crippen LogP) is 5.12. The maximum Gasteiger partial charge on any atom is 0.226 e. The van der Waals surface area contributed by atoms with E-state index in [-0.39, 0.29) is 23.3 Å². The smallest absolute Gasteiger partial charge is 0.226 e. The van der Waals surface area contributed by atoms with Crippen LogP contribution in [0.2, 0.25) is 0 Å². The number of rotatable bonds is 8. The van der Waals surface area contributed by atoms with Crippen LogP contribution in [0.25, 0.3) is 28.0 Å². The Labute approximate surface area is 262 Å². The van der Waals surface area contributed by atoms with Crippen molar-refractivity contribution in [2.45, 2.75) is 83.2 Å². The number of pyridine rings is 1. The van der Waals surface area contributed by atoms with Crippen molar-refractivity contribution in [2.75, 3.05) is 18.0 Å². The van der Waals surface area contributed by atoms with Gasteiger partial charge in [0.25, 0.3) is 0 Å². The number of fused-ring (bicyclic) bond motifs is 1. The lowest BCUT2D eigenvalue weighted by atomic mass is 9.74. The molecular weight excluding hydrogens is 566 g/mol. The monoisotopic (exact) mass is 605 g/mol. The molecule has 0 bridgehead atoms. The number of nitrogens with zero attached hydrogens (tertiary/aromatic N) is 8. The van der Waals surface area contributed by atoms with Crippen molar-refractivity contribution >= 4 is 23.5 Å². The van der Waals surface area contributed by atoms with E-state index in [1.165, 1.54) is 6.42 Å². The van der Waals surface area contributed by atoms with Gasteiger partial charge in [-0.3, -0.25) is 9.48 Å². The number of piperidine rings is 1. The molecule has 11 heteroatoms. The quantitative estimate of drug-likeness (QED) is 0.274. The summed E-state index contributed by atoms with van der Waals surface area (Å²) in [6.07, 6.45) is 19.6. The Bertz CT molecular complexity index is 1730. The highest BCUT2D eigenvalue weighted by molar-refractivity contribution is 5.84. The first kappa shape index (κ1) is 29.1. The molecule has 1 aliphatic heterocycles. The molecule has 7 rings (SSSR count). The standard InChI is InChI=1S/C34H39N9O2/c1-2-34(33(45)39-27-4-3-5-27)12-14-41(15-13-34)30-11-8-24(17-36-30)31-32-25(16-35)18-38-43(32)21-29(40-31)26-19-37-42(20-26)28-9-6-23(22-44)7-10-28/h8,11,17-23,27-28H,2-7,9-10,12-15H2,1H3,(H,39,45). The Morgan fingerprint density at radius 2 is 1.84 bits per heavy atom. The summed E-state index contributed by atoms with van der Waals surface area (Å²) in [7, 11) is 0. The number of nitriles is 1. The van der Waals surface area contributed by atoms with Gasteiger partial charge in [-0.2, -0.15) is 15.5 Å². The average molecular weight is 606 g/mol. The van der Waals surface area contributed by atoms with Gasteiger partial charge in [0, 0.05) is 48.6 Å². The average Bonchev–Trinajstić information content (AvgIpc) is 3.74. The van der Waals surface area contributed by atoms with Crippen LogP contribution in [0.4, 0.5) is 5.82 Å². The largest absolute Gasteiger partial charge is 0.357 e. The highest BCUT2D eigenvalue weighted by Gasteiger charge is 2.41. The maximum absolute atomic E-state index is 13.2. The molecule has 2 saturated carbocycles. The summed E-state index contributed by atoms with van der Waals surface area (Å²) in [6.45, 7) is 3.68. The van der Waals surface area contributed by atoms with Gasteiger partial charge in [-0.05, 0) is 76.3 Å². The van der Waals surface area contributed by atoms with Gasteiger partial charge in [-0.25, -0.2) is 14.5 Å². The van der Waals surface area contributed by atoms with Crippen molar-refractivity contribution in [1.29, 1.82) is 5.26 Å².